The van der Waals surface area contributed by atoms with E-state index in [-0.39, 0.29) is 16.8 Å². The average molecular weight is 279 g/mol. The molecule has 1 aromatic rings. The van der Waals surface area contributed by atoms with Crippen LogP contribution in [0.25, 0.3) is 0 Å². The molecule has 0 fully saturated rings. The Balaban J connectivity index is 2.73. The van der Waals surface area contributed by atoms with Gasteiger partial charge in [0.1, 0.15) is 11.0 Å². The summed E-state index contributed by atoms with van der Waals surface area (Å²) in [6.07, 6.45) is 0. The number of carbonyl (C=O) groups excluding carboxylic acids is 2. The van der Waals surface area contributed by atoms with Crippen LogP contribution in [0.2, 0.25) is 0 Å². The lowest BCUT2D eigenvalue weighted by atomic mass is 10.1. The molecule has 1 rings (SSSR count). The number of hydrogen-bond donors (Lipinski definition) is 2. The normalized spacial score (nSPS) is 11.5. The summed E-state index contributed by atoms with van der Waals surface area (Å²) in [5.74, 6) is -0.467. The number of carbonyl (C=O) groups is 2. The molecule has 1 atom stereocenters. The highest BCUT2D eigenvalue weighted by Gasteiger charge is 2.17. The Hall–Kier alpha value is -1.95. The van der Waals surface area contributed by atoms with Gasteiger partial charge in [-0.25, -0.2) is 0 Å². The molecule has 0 aliphatic rings. The van der Waals surface area contributed by atoms with Crippen molar-refractivity contribution in [2.24, 2.45) is 5.73 Å². The summed E-state index contributed by atoms with van der Waals surface area (Å²) in [6, 6.07) is 6.02. The standard InChI is InChI=1S/C13H17N3O2S/c1-8(13(18)16(2)3)15-12(17)10-6-4-9(5-7-10)11(14)19/h4-8H,1-3H3,(H2,14,19)(H,15,17). The Labute approximate surface area is 117 Å². The summed E-state index contributed by atoms with van der Waals surface area (Å²) in [4.78, 5) is 25.3. The zero-order valence-corrected chi connectivity index (χ0v) is 12.0. The van der Waals surface area contributed by atoms with Crippen molar-refractivity contribution in [1.82, 2.24) is 10.2 Å². The number of thiocarbonyl (C=S) groups is 1. The second kappa shape index (κ2) is 6.29. The number of nitrogens with zero attached hydrogens (tertiary/aromatic N) is 1. The van der Waals surface area contributed by atoms with Gasteiger partial charge in [0, 0.05) is 25.2 Å². The van der Waals surface area contributed by atoms with E-state index in [4.69, 9.17) is 18.0 Å². The molecule has 2 amide bonds. The lowest BCUT2D eigenvalue weighted by molar-refractivity contribution is -0.130. The SMILES string of the molecule is CC(NC(=O)c1ccc(C(N)=S)cc1)C(=O)N(C)C. The van der Waals surface area contributed by atoms with Gasteiger partial charge in [-0.2, -0.15) is 0 Å². The third-order valence-electron chi connectivity index (χ3n) is 2.59. The molecular weight excluding hydrogens is 262 g/mol. The molecule has 0 aliphatic heterocycles. The molecule has 1 unspecified atom stereocenters. The van der Waals surface area contributed by atoms with E-state index in [2.05, 4.69) is 5.32 Å². The molecule has 102 valence electrons. The minimum Gasteiger partial charge on any atom is -0.389 e. The smallest absolute Gasteiger partial charge is 0.251 e. The summed E-state index contributed by atoms with van der Waals surface area (Å²) in [6.45, 7) is 1.64. The molecule has 0 aromatic heterocycles. The van der Waals surface area contributed by atoms with Crippen molar-refractivity contribution in [1.29, 1.82) is 0 Å². The van der Waals surface area contributed by atoms with E-state index >= 15 is 0 Å². The van der Waals surface area contributed by atoms with Gasteiger partial charge in [0.15, 0.2) is 0 Å². The van der Waals surface area contributed by atoms with Crippen LogP contribution in [0, 0.1) is 0 Å². The zero-order chi connectivity index (χ0) is 14.6. The van der Waals surface area contributed by atoms with Crippen LogP contribution in [0.3, 0.4) is 0 Å². The fourth-order valence-electron chi connectivity index (χ4n) is 1.51. The van der Waals surface area contributed by atoms with Crippen molar-refractivity contribution >= 4 is 29.0 Å². The van der Waals surface area contributed by atoms with Crippen LogP contribution < -0.4 is 11.1 Å². The highest BCUT2D eigenvalue weighted by Crippen LogP contribution is 2.05. The summed E-state index contributed by atoms with van der Waals surface area (Å²) in [7, 11) is 3.28. The van der Waals surface area contributed by atoms with Gasteiger partial charge in [-0.15, -0.1) is 0 Å². The fraction of sp³-hybridized carbons (Fsp3) is 0.308. The predicted octanol–water partition coefficient (Wildman–Crippen LogP) is 0.527. The Morgan fingerprint density at radius 2 is 1.68 bits per heavy atom. The molecule has 0 aliphatic carbocycles. The molecule has 0 spiro atoms. The van der Waals surface area contributed by atoms with E-state index in [9.17, 15) is 9.59 Å². The van der Waals surface area contributed by atoms with E-state index in [1.807, 2.05) is 0 Å². The van der Waals surface area contributed by atoms with Crippen LogP contribution in [-0.2, 0) is 4.79 Å². The van der Waals surface area contributed by atoms with Gasteiger partial charge >= 0.3 is 0 Å². The first-order chi connectivity index (χ1) is 8.82. The van der Waals surface area contributed by atoms with E-state index < -0.39 is 6.04 Å². The largest absolute Gasteiger partial charge is 0.389 e. The first kappa shape index (κ1) is 15.1. The van der Waals surface area contributed by atoms with Gasteiger partial charge in [0.05, 0.1) is 0 Å². The minimum atomic E-state index is -0.572. The van der Waals surface area contributed by atoms with Gasteiger partial charge in [-0.1, -0.05) is 24.4 Å². The summed E-state index contributed by atoms with van der Waals surface area (Å²) < 4.78 is 0. The Morgan fingerprint density at radius 3 is 2.11 bits per heavy atom. The quantitative estimate of drug-likeness (QED) is 0.788. The lowest BCUT2D eigenvalue weighted by Gasteiger charge is -2.18. The number of hydrogen-bond acceptors (Lipinski definition) is 3. The van der Waals surface area contributed by atoms with Crippen LogP contribution in [0.1, 0.15) is 22.8 Å². The van der Waals surface area contributed by atoms with Gasteiger partial charge in [-0.3, -0.25) is 9.59 Å². The van der Waals surface area contributed by atoms with Crippen molar-refractivity contribution < 1.29 is 9.59 Å². The Bertz CT molecular complexity index is 497. The molecular formula is C13H17N3O2S. The number of benzene rings is 1. The zero-order valence-electron chi connectivity index (χ0n) is 11.1. The molecule has 3 N–H and O–H groups in total. The first-order valence-electron chi connectivity index (χ1n) is 5.75. The third kappa shape index (κ3) is 4.03. The number of amides is 2. The topological polar surface area (TPSA) is 75.4 Å². The number of likely N-dealkylation sites (N-methyl/N-ethyl adjacent to an activating group) is 1. The molecule has 6 heteroatoms. The van der Waals surface area contributed by atoms with Crippen LogP contribution in [0.4, 0.5) is 0 Å². The summed E-state index contributed by atoms with van der Waals surface area (Å²) >= 11 is 4.83. The van der Waals surface area contributed by atoms with Gasteiger partial charge in [0.25, 0.3) is 5.91 Å². The minimum absolute atomic E-state index is 0.159. The van der Waals surface area contributed by atoms with Crippen LogP contribution in [0.5, 0.6) is 0 Å². The number of nitrogens with one attached hydrogen (secondary N) is 1. The second-order valence-electron chi connectivity index (χ2n) is 4.37. The van der Waals surface area contributed by atoms with Crippen molar-refractivity contribution in [2.75, 3.05) is 14.1 Å². The van der Waals surface area contributed by atoms with Crippen molar-refractivity contribution in [2.45, 2.75) is 13.0 Å². The maximum Gasteiger partial charge on any atom is 0.251 e. The van der Waals surface area contributed by atoms with Gasteiger partial charge < -0.3 is 16.0 Å². The van der Waals surface area contributed by atoms with E-state index in [1.54, 1.807) is 45.3 Å². The lowest BCUT2D eigenvalue weighted by Crippen LogP contribution is -2.44. The fourth-order valence-corrected chi connectivity index (χ4v) is 1.65. The van der Waals surface area contributed by atoms with Gasteiger partial charge in [-0.05, 0) is 19.1 Å². The molecule has 0 saturated heterocycles. The third-order valence-corrected chi connectivity index (χ3v) is 2.83. The van der Waals surface area contributed by atoms with Crippen molar-refractivity contribution in [3.05, 3.63) is 35.4 Å². The van der Waals surface area contributed by atoms with E-state index in [0.717, 1.165) is 0 Å². The molecule has 0 radical (unpaired) electrons. The van der Waals surface area contributed by atoms with E-state index in [0.29, 0.717) is 11.1 Å². The highest BCUT2D eigenvalue weighted by molar-refractivity contribution is 7.80. The molecule has 0 saturated carbocycles. The second-order valence-corrected chi connectivity index (χ2v) is 4.81. The number of rotatable bonds is 4. The molecule has 1 aromatic carbocycles. The molecule has 19 heavy (non-hydrogen) atoms. The highest BCUT2D eigenvalue weighted by atomic mass is 32.1. The molecule has 0 heterocycles. The van der Waals surface area contributed by atoms with E-state index in [1.165, 1.54) is 4.90 Å². The maximum absolute atomic E-state index is 11.9. The van der Waals surface area contributed by atoms with Crippen LogP contribution in [0.15, 0.2) is 24.3 Å². The monoisotopic (exact) mass is 279 g/mol. The Kier molecular flexibility index (Phi) is 5.00. The van der Waals surface area contributed by atoms with Crippen LogP contribution >= 0.6 is 12.2 Å². The first-order valence-corrected chi connectivity index (χ1v) is 6.15. The number of nitrogens with two attached hydrogens (primary N) is 1. The Morgan fingerprint density at radius 1 is 1.21 bits per heavy atom. The average Bonchev–Trinajstić information content (AvgIpc) is 2.37. The summed E-state index contributed by atoms with van der Waals surface area (Å²) in [5, 5.41) is 2.63. The van der Waals surface area contributed by atoms with Crippen molar-refractivity contribution in [3.63, 3.8) is 0 Å². The van der Waals surface area contributed by atoms with Crippen LogP contribution in [-0.4, -0.2) is 41.8 Å². The summed E-state index contributed by atoms with van der Waals surface area (Å²) in [5.41, 5.74) is 6.63. The van der Waals surface area contributed by atoms with Gasteiger partial charge in [0.2, 0.25) is 5.91 Å². The predicted molar refractivity (Wildman–Crippen MR) is 78.0 cm³/mol. The van der Waals surface area contributed by atoms with Crippen molar-refractivity contribution in [3.8, 4) is 0 Å². The molecule has 5 nitrogen and oxygen atoms in total. The molecule has 0 bridgehead atoms. The maximum atomic E-state index is 11.9.